The van der Waals surface area contributed by atoms with Crippen LogP contribution in [-0.4, -0.2) is 76.2 Å². The third-order valence-electron chi connectivity index (χ3n) is 3.71. The van der Waals surface area contributed by atoms with Crippen LogP contribution in [0.3, 0.4) is 0 Å². The second-order valence-corrected chi connectivity index (χ2v) is 7.50. The molecule has 0 aliphatic rings. The van der Waals surface area contributed by atoms with E-state index < -0.39 is 41.0 Å². The lowest BCUT2D eigenvalue weighted by Gasteiger charge is -2.23. The van der Waals surface area contributed by atoms with Crippen molar-refractivity contribution in [2.45, 2.75) is 29.3 Å². The van der Waals surface area contributed by atoms with Gasteiger partial charge in [0.15, 0.2) is 0 Å². The fraction of sp³-hybridized carbons (Fsp3) is 0.294. The Hall–Kier alpha value is -2.41. The van der Waals surface area contributed by atoms with Crippen LogP contribution < -0.4 is 4.72 Å². The molecular formula is C17H21N3O7S. The van der Waals surface area contributed by atoms with Gasteiger partial charge in [0, 0.05) is 12.4 Å². The standard InChI is InChI=1S/C17H21N3O7S/c21-10-14(23)17(25)16(24)13(22)9-19-11-4-6-12(7-5-11)28(26,27)20-15-3-1-2-8-18-15/h1-9,13-14,16-17,21-25H,10H2,(H,18,20)/t13-,14-,16-,17-/m0/s1. The van der Waals surface area contributed by atoms with Crippen molar-refractivity contribution >= 4 is 27.7 Å². The van der Waals surface area contributed by atoms with Crippen molar-refractivity contribution in [3.63, 3.8) is 0 Å². The molecule has 2 aromatic rings. The first kappa shape index (κ1) is 21.9. The maximum atomic E-state index is 12.3. The van der Waals surface area contributed by atoms with Crippen molar-refractivity contribution in [2.24, 2.45) is 4.99 Å². The van der Waals surface area contributed by atoms with E-state index in [1.165, 1.54) is 36.5 Å². The molecule has 28 heavy (non-hydrogen) atoms. The number of rotatable bonds is 9. The third-order valence-corrected chi connectivity index (χ3v) is 5.08. The molecule has 0 unspecified atom stereocenters. The smallest absolute Gasteiger partial charge is 0.263 e. The molecule has 10 nitrogen and oxygen atoms in total. The van der Waals surface area contributed by atoms with Crippen LogP contribution in [0.5, 0.6) is 0 Å². The molecule has 0 aliphatic heterocycles. The van der Waals surface area contributed by atoms with Gasteiger partial charge in [-0.3, -0.25) is 9.71 Å². The second kappa shape index (κ2) is 9.68. The van der Waals surface area contributed by atoms with Crippen molar-refractivity contribution in [2.75, 3.05) is 11.3 Å². The first-order valence-corrected chi connectivity index (χ1v) is 9.64. The van der Waals surface area contributed by atoms with Crippen LogP contribution in [0.25, 0.3) is 0 Å². The number of aromatic nitrogens is 1. The van der Waals surface area contributed by atoms with Gasteiger partial charge in [-0.05, 0) is 36.4 Å². The lowest BCUT2D eigenvalue weighted by Crippen LogP contribution is -2.46. The van der Waals surface area contributed by atoms with Gasteiger partial charge in [0.2, 0.25) is 0 Å². The number of nitrogens with zero attached hydrogens (tertiary/aromatic N) is 2. The van der Waals surface area contributed by atoms with Crippen molar-refractivity contribution in [1.82, 2.24) is 4.98 Å². The number of nitrogens with one attached hydrogen (secondary N) is 1. The summed E-state index contributed by atoms with van der Waals surface area (Å²) < 4.78 is 26.9. The van der Waals surface area contributed by atoms with E-state index in [-0.39, 0.29) is 16.4 Å². The summed E-state index contributed by atoms with van der Waals surface area (Å²) in [5.74, 6) is 0.172. The van der Waals surface area contributed by atoms with E-state index in [4.69, 9.17) is 5.11 Å². The van der Waals surface area contributed by atoms with Crippen molar-refractivity contribution < 1.29 is 34.0 Å². The summed E-state index contributed by atoms with van der Waals surface area (Å²) in [7, 11) is -3.84. The van der Waals surface area contributed by atoms with E-state index in [2.05, 4.69) is 14.7 Å². The molecule has 0 aliphatic carbocycles. The highest BCUT2D eigenvalue weighted by Crippen LogP contribution is 2.19. The fourth-order valence-electron chi connectivity index (χ4n) is 2.12. The number of sulfonamides is 1. The third kappa shape index (κ3) is 5.79. The Labute approximate surface area is 161 Å². The van der Waals surface area contributed by atoms with Gasteiger partial charge in [-0.2, -0.15) is 0 Å². The summed E-state index contributed by atoms with van der Waals surface area (Å²) in [6.45, 7) is -0.787. The van der Waals surface area contributed by atoms with Crippen LogP contribution in [0.1, 0.15) is 0 Å². The predicted octanol–water partition coefficient (Wildman–Crippen LogP) is -0.979. The molecule has 0 fully saturated rings. The summed E-state index contributed by atoms with van der Waals surface area (Å²) >= 11 is 0. The average Bonchev–Trinajstić information content (AvgIpc) is 2.71. The Morgan fingerprint density at radius 1 is 1.04 bits per heavy atom. The molecule has 1 aromatic heterocycles. The first-order valence-electron chi connectivity index (χ1n) is 8.16. The highest BCUT2D eigenvalue weighted by molar-refractivity contribution is 7.92. The largest absolute Gasteiger partial charge is 0.394 e. The molecule has 6 N–H and O–H groups in total. The monoisotopic (exact) mass is 411 g/mol. The summed E-state index contributed by atoms with van der Waals surface area (Å²) in [6.07, 6.45) is -4.40. The van der Waals surface area contributed by atoms with E-state index in [0.29, 0.717) is 0 Å². The molecule has 0 saturated carbocycles. The molecule has 0 spiro atoms. The minimum atomic E-state index is -3.84. The Morgan fingerprint density at radius 3 is 2.29 bits per heavy atom. The molecule has 0 bridgehead atoms. The summed E-state index contributed by atoms with van der Waals surface area (Å²) in [4.78, 5) is 7.74. The van der Waals surface area contributed by atoms with Gasteiger partial charge in [-0.1, -0.05) is 6.07 Å². The van der Waals surface area contributed by atoms with E-state index >= 15 is 0 Å². The maximum Gasteiger partial charge on any atom is 0.263 e. The van der Waals surface area contributed by atoms with Crippen LogP contribution in [0.15, 0.2) is 58.5 Å². The van der Waals surface area contributed by atoms with Gasteiger partial charge < -0.3 is 25.5 Å². The molecule has 1 heterocycles. The Bertz CT molecular complexity index is 875. The lowest BCUT2D eigenvalue weighted by molar-refractivity contribution is -0.0999. The highest BCUT2D eigenvalue weighted by atomic mass is 32.2. The van der Waals surface area contributed by atoms with Crippen molar-refractivity contribution in [1.29, 1.82) is 0 Å². The molecule has 4 atom stereocenters. The van der Waals surface area contributed by atoms with E-state index in [1.807, 2.05) is 0 Å². The zero-order valence-electron chi connectivity index (χ0n) is 14.6. The summed E-state index contributed by atoms with van der Waals surface area (Å²) in [6, 6.07) is 10.1. The lowest BCUT2D eigenvalue weighted by atomic mass is 10.0. The molecular weight excluding hydrogens is 390 g/mol. The normalized spacial score (nSPS) is 16.5. The highest BCUT2D eigenvalue weighted by Gasteiger charge is 2.29. The van der Waals surface area contributed by atoms with Gasteiger partial charge in [0.05, 0.1) is 17.2 Å². The van der Waals surface area contributed by atoms with Gasteiger partial charge in [-0.25, -0.2) is 13.4 Å². The molecule has 2 rings (SSSR count). The SMILES string of the molecule is O=S(=O)(Nc1ccccn1)c1ccc(N=C[C@H](O)[C@H](O)[C@@H](O)[C@@H](O)CO)cc1. The van der Waals surface area contributed by atoms with Crippen molar-refractivity contribution in [3.05, 3.63) is 48.7 Å². The zero-order chi connectivity index (χ0) is 20.7. The maximum absolute atomic E-state index is 12.3. The van der Waals surface area contributed by atoms with Crippen LogP contribution in [0, 0.1) is 0 Å². The number of hydrogen-bond donors (Lipinski definition) is 6. The van der Waals surface area contributed by atoms with Crippen LogP contribution >= 0.6 is 0 Å². The van der Waals surface area contributed by atoms with Gasteiger partial charge in [0.25, 0.3) is 10.0 Å². The Kier molecular flexibility index (Phi) is 7.57. The van der Waals surface area contributed by atoms with E-state index in [0.717, 1.165) is 6.21 Å². The fourth-order valence-corrected chi connectivity index (χ4v) is 3.13. The molecule has 11 heteroatoms. The molecule has 0 saturated heterocycles. The Morgan fingerprint density at radius 2 is 1.71 bits per heavy atom. The van der Waals surface area contributed by atoms with E-state index in [9.17, 15) is 28.8 Å². The number of aliphatic hydroxyl groups excluding tert-OH is 5. The predicted molar refractivity (Wildman–Crippen MR) is 101 cm³/mol. The minimum Gasteiger partial charge on any atom is -0.394 e. The number of hydrogen-bond acceptors (Lipinski definition) is 9. The molecule has 0 radical (unpaired) electrons. The number of aliphatic imine (C=N–C) groups is 1. The quantitative estimate of drug-likeness (QED) is 0.286. The van der Waals surface area contributed by atoms with Gasteiger partial charge in [0.1, 0.15) is 30.2 Å². The Balaban J connectivity index is 2.05. The molecule has 0 amide bonds. The van der Waals surface area contributed by atoms with Gasteiger partial charge in [-0.15, -0.1) is 0 Å². The number of aliphatic hydroxyl groups is 5. The molecule has 1 aromatic carbocycles. The average molecular weight is 411 g/mol. The number of anilines is 1. The zero-order valence-corrected chi connectivity index (χ0v) is 15.4. The van der Waals surface area contributed by atoms with Crippen LogP contribution in [-0.2, 0) is 10.0 Å². The van der Waals surface area contributed by atoms with E-state index in [1.54, 1.807) is 12.1 Å². The number of pyridine rings is 1. The minimum absolute atomic E-state index is 0.0285. The van der Waals surface area contributed by atoms with Crippen LogP contribution in [0.4, 0.5) is 11.5 Å². The van der Waals surface area contributed by atoms with Gasteiger partial charge >= 0.3 is 0 Å². The van der Waals surface area contributed by atoms with Crippen molar-refractivity contribution in [3.8, 4) is 0 Å². The number of benzene rings is 1. The topological polar surface area (TPSA) is 173 Å². The second-order valence-electron chi connectivity index (χ2n) is 5.81. The first-order chi connectivity index (χ1) is 13.2. The summed E-state index contributed by atoms with van der Waals surface area (Å²) in [5, 5.41) is 47.0. The summed E-state index contributed by atoms with van der Waals surface area (Å²) in [5.41, 5.74) is 0.278. The van der Waals surface area contributed by atoms with Crippen LogP contribution in [0.2, 0.25) is 0 Å². The molecule has 152 valence electrons.